The van der Waals surface area contributed by atoms with Gasteiger partial charge in [-0.3, -0.25) is 4.79 Å². The average Bonchev–Trinajstić information content (AvgIpc) is 2.41. The first-order valence-electron chi connectivity index (χ1n) is 5.78. The van der Waals surface area contributed by atoms with Crippen LogP contribution in [0.2, 0.25) is 0 Å². The minimum absolute atomic E-state index is 0.105. The second-order valence-electron chi connectivity index (χ2n) is 3.99. The van der Waals surface area contributed by atoms with Gasteiger partial charge in [-0.25, -0.2) is 4.98 Å². The molecule has 0 saturated heterocycles. The first-order valence-corrected chi connectivity index (χ1v) is 6.57. The van der Waals surface area contributed by atoms with Crippen LogP contribution in [0.15, 0.2) is 39.7 Å². The zero-order chi connectivity index (χ0) is 13.8. The molecule has 0 amide bonds. The molecule has 2 rings (SSSR count). The van der Waals surface area contributed by atoms with E-state index in [1.807, 2.05) is 0 Å². The van der Waals surface area contributed by atoms with Crippen LogP contribution in [0.5, 0.6) is 5.88 Å². The lowest BCUT2D eigenvalue weighted by atomic mass is 10.2. The van der Waals surface area contributed by atoms with E-state index < -0.39 is 0 Å². The molecule has 19 heavy (non-hydrogen) atoms. The summed E-state index contributed by atoms with van der Waals surface area (Å²) < 4.78 is 7.69. The van der Waals surface area contributed by atoms with Crippen LogP contribution in [0.25, 0.3) is 11.3 Å². The summed E-state index contributed by atoms with van der Waals surface area (Å²) in [6.07, 6.45) is 1.71. The minimum Gasteiger partial charge on any atom is -0.476 e. The van der Waals surface area contributed by atoms with Crippen LogP contribution in [0, 0.1) is 0 Å². The minimum atomic E-state index is -0.105. The third kappa shape index (κ3) is 3.21. The fraction of sp³-hybridized carbons (Fsp3) is 0.231. The van der Waals surface area contributed by atoms with Crippen molar-refractivity contribution in [3.63, 3.8) is 0 Å². The first kappa shape index (κ1) is 13.8. The Bertz CT molecular complexity index is 640. The van der Waals surface area contributed by atoms with Gasteiger partial charge >= 0.3 is 0 Å². The smallest absolute Gasteiger partial charge is 0.259 e. The molecule has 2 aromatic heterocycles. The van der Waals surface area contributed by atoms with Gasteiger partial charge in [0.05, 0.1) is 11.3 Å². The number of aromatic nitrogens is 2. The van der Waals surface area contributed by atoms with Crippen molar-refractivity contribution in [1.82, 2.24) is 9.55 Å². The Hall–Kier alpha value is -1.66. The third-order valence-electron chi connectivity index (χ3n) is 2.52. The zero-order valence-corrected chi connectivity index (χ0v) is 12.1. The number of nitrogens with zero attached hydrogens (tertiary/aromatic N) is 2. The molecule has 6 heteroatoms. The molecule has 2 aromatic rings. The molecule has 0 fully saturated rings. The van der Waals surface area contributed by atoms with Crippen molar-refractivity contribution >= 4 is 15.9 Å². The van der Waals surface area contributed by atoms with Gasteiger partial charge in [-0.2, -0.15) is 0 Å². The molecule has 0 spiro atoms. The van der Waals surface area contributed by atoms with Crippen LogP contribution < -0.4 is 16.0 Å². The molecular weight excluding hydrogens is 310 g/mol. The van der Waals surface area contributed by atoms with Gasteiger partial charge < -0.3 is 15.0 Å². The number of halogens is 1. The van der Waals surface area contributed by atoms with E-state index in [9.17, 15) is 4.79 Å². The van der Waals surface area contributed by atoms with Gasteiger partial charge in [-0.1, -0.05) is 6.07 Å². The Morgan fingerprint density at radius 2 is 2.26 bits per heavy atom. The predicted molar refractivity (Wildman–Crippen MR) is 77.2 cm³/mol. The SMILES string of the molecule is Cn1cc(Br)cc(-c2cccc(OCCN)n2)c1=O. The van der Waals surface area contributed by atoms with Gasteiger partial charge in [0, 0.05) is 30.3 Å². The molecule has 100 valence electrons. The average molecular weight is 324 g/mol. The molecule has 0 aliphatic heterocycles. The van der Waals surface area contributed by atoms with Crippen molar-refractivity contribution in [3.05, 3.63) is 45.3 Å². The quantitative estimate of drug-likeness (QED) is 0.926. The summed E-state index contributed by atoms with van der Waals surface area (Å²) in [6.45, 7) is 0.817. The summed E-state index contributed by atoms with van der Waals surface area (Å²) in [5.41, 5.74) is 6.38. The van der Waals surface area contributed by atoms with Crippen LogP contribution in [0.1, 0.15) is 0 Å². The molecule has 0 saturated carbocycles. The van der Waals surface area contributed by atoms with E-state index in [1.165, 1.54) is 4.57 Å². The van der Waals surface area contributed by atoms with Gasteiger partial charge in [0.25, 0.3) is 5.56 Å². The van der Waals surface area contributed by atoms with Crippen molar-refractivity contribution in [1.29, 1.82) is 0 Å². The Balaban J connectivity index is 2.44. The Kier molecular flexibility index (Phi) is 4.34. The van der Waals surface area contributed by atoms with Crippen molar-refractivity contribution in [3.8, 4) is 17.1 Å². The summed E-state index contributed by atoms with van der Waals surface area (Å²) >= 11 is 3.37. The van der Waals surface area contributed by atoms with E-state index in [0.29, 0.717) is 30.3 Å². The number of pyridine rings is 2. The molecule has 0 aliphatic carbocycles. The van der Waals surface area contributed by atoms with Gasteiger partial charge in [0.15, 0.2) is 0 Å². The fourth-order valence-electron chi connectivity index (χ4n) is 1.66. The Labute approximate surface area is 119 Å². The summed E-state index contributed by atoms with van der Waals surface area (Å²) in [5, 5.41) is 0. The van der Waals surface area contributed by atoms with Crippen molar-refractivity contribution in [2.24, 2.45) is 12.8 Å². The number of rotatable bonds is 4. The summed E-state index contributed by atoms with van der Waals surface area (Å²) in [5.74, 6) is 0.463. The van der Waals surface area contributed by atoms with Crippen molar-refractivity contribution in [2.75, 3.05) is 13.2 Å². The monoisotopic (exact) mass is 323 g/mol. The highest BCUT2D eigenvalue weighted by molar-refractivity contribution is 9.10. The highest BCUT2D eigenvalue weighted by Crippen LogP contribution is 2.19. The van der Waals surface area contributed by atoms with Crippen LogP contribution in [-0.2, 0) is 7.05 Å². The van der Waals surface area contributed by atoms with Crippen molar-refractivity contribution in [2.45, 2.75) is 0 Å². The van der Waals surface area contributed by atoms with Gasteiger partial charge in [0.1, 0.15) is 6.61 Å². The molecule has 0 unspecified atom stereocenters. The van der Waals surface area contributed by atoms with Crippen LogP contribution in [0.4, 0.5) is 0 Å². The lowest BCUT2D eigenvalue weighted by Gasteiger charge is -2.07. The van der Waals surface area contributed by atoms with Gasteiger partial charge in [-0.05, 0) is 28.1 Å². The molecule has 2 N–H and O–H groups in total. The normalized spacial score (nSPS) is 10.5. The number of nitrogens with two attached hydrogens (primary N) is 1. The molecule has 0 radical (unpaired) electrons. The number of hydrogen-bond donors (Lipinski definition) is 1. The maximum atomic E-state index is 12.1. The lowest BCUT2D eigenvalue weighted by Crippen LogP contribution is -2.18. The van der Waals surface area contributed by atoms with Crippen LogP contribution >= 0.6 is 15.9 Å². The van der Waals surface area contributed by atoms with Gasteiger partial charge in [-0.15, -0.1) is 0 Å². The Morgan fingerprint density at radius 1 is 1.47 bits per heavy atom. The van der Waals surface area contributed by atoms with Gasteiger partial charge in [0.2, 0.25) is 5.88 Å². The number of hydrogen-bond acceptors (Lipinski definition) is 4. The molecular formula is C13H14BrN3O2. The highest BCUT2D eigenvalue weighted by atomic mass is 79.9. The second-order valence-corrected chi connectivity index (χ2v) is 4.90. The molecule has 0 atom stereocenters. The third-order valence-corrected chi connectivity index (χ3v) is 2.95. The van der Waals surface area contributed by atoms with Crippen LogP contribution in [-0.4, -0.2) is 22.7 Å². The summed E-state index contributed by atoms with van der Waals surface area (Å²) in [4.78, 5) is 16.4. The summed E-state index contributed by atoms with van der Waals surface area (Å²) in [7, 11) is 1.70. The molecule has 0 aromatic carbocycles. The van der Waals surface area contributed by atoms with E-state index in [4.69, 9.17) is 10.5 Å². The molecule has 5 nitrogen and oxygen atoms in total. The predicted octanol–water partition coefficient (Wildman–Crippen LogP) is 1.55. The standard InChI is InChI=1S/C13H14BrN3O2/c1-17-8-9(14)7-10(13(17)18)11-3-2-4-12(16-11)19-6-5-15/h2-4,7-8H,5-6,15H2,1H3. The maximum Gasteiger partial charge on any atom is 0.259 e. The highest BCUT2D eigenvalue weighted by Gasteiger charge is 2.08. The first-order chi connectivity index (χ1) is 9.11. The topological polar surface area (TPSA) is 70.1 Å². The summed E-state index contributed by atoms with van der Waals surface area (Å²) in [6, 6.07) is 7.06. The number of aryl methyl sites for hydroxylation is 1. The fourth-order valence-corrected chi connectivity index (χ4v) is 2.20. The van der Waals surface area contributed by atoms with E-state index in [-0.39, 0.29) is 5.56 Å². The lowest BCUT2D eigenvalue weighted by molar-refractivity contribution is 0.316. The van der Waals surface area contributed by atoms with E-state index in [0.717, 1.165) is 4.47 Å². The van der Waals surface area contributed by atoms with Crippen molar-refractivity contribution < 1.29 is 4.74 Å². The molecule has 0 bridgehead atoms. The maximum absolute atomic E-state index is 12.1. The zero-order valence-electron chi connectivity index (χ0n) is 10.5. The van der Waals surface area contributed by atoms with E-state index >= 15 is 0 Å². The van der Waals surface area contributed by atoms with Crippen LogP contribution in [0.3, 0.4) is 0 Å². The molecule has 2 heterocycles. The molecule has 0 aliphatic rings. The largest absolute Gasteiger partial charge is 0.476 e. The van der Waals surface area contributed by atoms with E-state index in [2.05, 4.69) is 20.9 Å². The number of ether oxygens (including phenoxy) is 1. The Morgan fingerprint density at radius 3 is 3.00 bits per heavy atom. The second kappa shape index (κ2) is 5.99. The van der Waals surface area contributed by atoms with E-state index in [1.54, 1.807) is 37.5 Å².